The van der Waals surface area contributed by atoms with Gasteiger partial charge in [0.1, 0.15) is 0 Å². The average Bonchev–Trinajstić information content (AvgIpc) is 2.20. The van der Waals surface area contributed by atoms with Gasteiger partial charge in [0.15, 0.2) is 0 Å². The van der Waals surface area contributed by atoms with E-state index in [-0.39, 0.29) is 5.57 Å². The van der Waals surface area contributed by atoms with Gasteiger partial charge in [-0.25, -0.2) is 4.79 Å². The van der Waals surface area contributed by atoms with E-state index in [1.807, 2.05) is 0 Å². The lowest BCUT2D eigenvalue weighted by Crippen LogP contribution is -2.32. The van der Waals surface area contributed by atoms with Crippen LogP contribution in [0.5, 0.6) is 0 Å². The van der Waals surface area contributed by atoms with Crippen LogP contribution in [0.15, 0.2) is 12.2 Å². The van der Waals surface area contributed by atoms with Crippen molar-refractivity contribution in [3.05, 3.63) is 12.2 Å². The van der Waals surface area contributed by atoms with Crippen molar-refractivity contribution >= 4 is 5.97 Å². The van der Waals surface area contributed by atoms with Crippen LogP contribution >= 0.6 is 0 Å². The molecule has 0 spiro atoms. The van der Waals surface area contributed by atoms with E-state index in [0.717, 1.165) is 6.04 Å². The highest BCUT2D eigenvalue weighted by molar-refractivity contribution is 5.84. The monoisotopic (exact) mass is 229 g/mol. The van der Waals surface area contributed by atoms with Crippen LogP contribution in [0.3, 0.4) is 0 Å². The number of carboxylic acids is 1. The lowest BCUT2D eigenvalue weighted by molar-refractivity contribution is -0.132. The number of aliphatic carboxylic acids is 1. The van der Waals surface area contributed by atoms with Crippen molar-refractivity contribution in [1.82, 2.24) is 4.90 Å². The first kappa shape index (κ1) is 17.6. The second-order valence-corrected chi connectivity index (χ2v) is 3.94. The lowest BCUT2D eigenvalue weighted by atomic mass is 10.1. The molecule has 0 saturated heterocycles. The number of rotatable bonds is 6. The van der Waals surface area contributed by atoms with Gasteiger partial charge in [-0.3, -0.25) is 0 Å². The summed E-state index contributed by atoms with van der Waals surface area (Å²) in [4.78, 5) is 12.1. The predicted octanol–water partition coefficient (Wildman–Crippen LogP) is 3.16. The summed E-state index contributed by atoms with van der Waals surface area (Å²) in [5.74, 6) is -0.935. The van der Waals surface area contributed by atoms with Crippen molar-refractivity contribution in [2.24, 2.45) is 0 Å². The largest absolute Gasteiger partial charge is 0.478 e. The summed E-state index contributed by atoms with van der Waals surface area (Å²) in [6, 6.07) is 0.778. The van der Waals surface area contributed by atoms with E-state index in [1.165, 1.54) is 32.9 Å². The van der Waals surface area contributed by atoms with Gasteiger partial charge in [-0.1, -0.05) is 33.8 Å². The fraction of sp³-hybridized carbons (Fsp3) is 0.769. The molecule has 0 aliphatic rings. The Morgan fingerprint density at radius 2 is 1.69 bits per heavy atom. The highest BCUT2D eigenvalue weighted by atomic mass is 16.4. The molecule has 0 fully saturated rings. The standard InChI is InChI=1S/C9H21N.C4H6O2/c1-5-8-9(4)10(6-2)7-3;1-3(2)4(5)6/h9H,5-8H2,1-4H3;1H2,2H3,(H,5,6). The van der Waals surface area contributed by atoms with Gasteiger partial charge < -0.3 is 10.0 Å². The normalized spacial score (nSPS) is 11.6. The molecule has 0 bridgehead atoms. The van der Waals surface area contributed by atoms with Gasteiger partial charge in [0.05, 0.1) is 0 Å². The molecule has 0 aromatic heterocycles. The Labute approximate surface area is 100 Å². The Morgan fingerprint density at radius 1 is 1.31 bits per heavy atom. The molecule has 1 N–H and O–H groups in total. The summed E-state index contributed by atoms with van der Waals surface area (Å²) in [5.41, 5.74) is 0.176. The molecule has 0 aliphatic carbocycles. The number of carboxylic acid groups (broad SMARTS) is 1. The maximum Gasteiger partial charge on any atom is 0.330 e. The van der Waals surface area contributed by atoms with Crippen molar-refractivity contribution in [3.63, 3.8) is 0 Å². The third kappa shape index (κ3) is 9.71. The minimum atomic E-state index is -0.935. The Hall–Kier alpha value is -0.830. The quantitative estimate of drug-likeness (QED) is 0.711. The van der Waals surface area contributed by atoms with E-state index in [1.54, 1.807) is 0 Å². The summed E-state index contributed by atoms with van der Waals surface area (Å²) in [6.45, 7) is 16.0. The summed E-state index contributed by atoms with van der Waals surface area (Å²) in [5, 5.41) is 7.89. The van der Waals surface area contributed by atoms with Crippen molar-refractivity contribution in [3.8, 4) is 0 Å². The second kappa shape index (κ2) is 10.7. The van der Waals surface area contributed by atoms with Gasteiger partial charge in [0.2, 0.25) is 0 Å². The Bertz CT molecular complexity index is 186. The van der Waals surface area contributed by atoms with Crippen LogP contribution in [0, 0.1) is 0 Å². The molecule has 16 heavy (non-hydrogen) atoms. The highest BCUT2D eigenvalue weighted by Crippen LogP contribution is 2.04. The molecule has 1 unspecified atom stereocenters. The Balaban J connectivity index is 0. The van der Waals surface area contributed by atoms with E-state index in [9.17, 15) is 4.79 Å². The van der Waals surface area contributed by atoms with Gasteiger partial charge in [0, 0.05) is 11.6 Å². The third-order valence-corrected chi connectivity index (χ3v) is 2.51. The van der Waals surface area contributed by atoms with Crippen LogP contribution in [-0.4, -0.2) is 35.1 Å². The molecule has 3 heteroatoms. The van der Waals surface area contributed by atoms with Crippen LogP contribution in [0.4, 0.5) is 0 Å². The number of carbonyl (C=O) groups is 1. The van der Waals surface area contributed by atoms with E-state index in [0.29, 0.717) is 0 Å². The van der Waals surface area contributed by atoms with Crippen LogP contribution in [0.2, 0.25) is 0 Å². The van der Waals surface area contributed by atoms with Gasteiger partial charge in [0.25, 0.3) is 0 Å². The van der Waals surface area contributed by atoms with Crippen molar-refractivity contribution < 1.29 is 9.90 Å². The topological polar surface area (TPSA) is 40.5 Å². The third-order valence-electron chi connectivity index (χ3n) is 2.51. The van der Waals surface area contributed by atoms with Crippen LogP contribution in [0.1, 0.15) is 47.5 Å². The summed E-state index contributed by atoms with van der Waals surface area (Å²) in [7, 11) is 0. The number of hydrogen-bond donors (Lipinski definition) is 1. The van der Waals surface area contributed by atoms with E-state index >= 15 is 0 Å². The maximum atomic E-state index is 9.60. The minimum absolute atomic E-state index is 0.176. The molecule has 1 atom stereocenters. The highest BCUT2D eigenvalue weighted by Gasteiger charge is 2.06. The van der Waals surface area contributed by atoms with Gasteiger partial charge >= 0.3 is 5.97 Å². The fourth-order valence-corrected chi connectivity index (χ4v) is 1.45. The minimum Gasteiger partial charge on any atom is -0.478 e. The van der Waals surface area contributed by atoms with Crippen molar-refractivity contribution in [2.75, 3.05) is 13.1 Å². The fourth-order valence-electron chi connectivity index (χ4n) is 1.45. The molecule has 0 aliphatic heterocycles. The second-order valence-electron chi connectivity index (χ2n) is 3.94. The van der Waals surface area contributed by atoms with Crippen LogP contribution < -0.4 is 0 Å². The SMILES string of the molecule is C=C(C)C(=O)O.CCCC(C)N(CC)CC. The van der Waals surface area contributed by atoms with E-state index in [2.05, 4.69) is 39.2 Å². The van der Waals surface area contributed by atoms with Crippen molar-refractivity contribution in [1.29, 1.82) is 0 Å². The first-order valence-electron chi connectivity index (χ1n) is 6.03. The van der Waals surface area contributed by atoms with Crippen LogP contribution in [0.25, 0.3) is 0 Å². The number of hydrogen-bond acceptors (Lipinski definition) is 2. The van der Waals surface area contributed by atoms with Gasteiger partial charge in [-0.2, -0.15) is 0 Å². The maximum absolute atomic E-state index is 9.60. The zero-order chi connectivity index (χ0) is 13.1. The molecule has 0 radical (unpaired) electrons. The zero-order valence-electron chi connectivity index (χ0n) is 11.4. The van der Waals surface area contributed by atoms with Crippen LogP contribution in [-0.2, 0) is 4.79 Å². The Morgan fingerprint density at radius 3 is 1.88 bits per heavy atom. The first-order chi connectivity index (χ1) is 7.40. The lowest BCUT2D eigenvalue weighted by Gasteiger charge is -2.25. The first-order valence-corrected chi connectivity index (χ1v) is 6.03. The Kier molecular flexibility index (Phi) is 11.7. The summed E-state index contributed by atoms with van der Waals surface area (Å²) < 4.78 is 0. The molecular formula is C13H27NO2. The molecule has 0 amide bonds. The number of nitrogens with zero attached hydrogens (tertiary/aromatic N) is 1. The molecule has 3 nitrogen and oxygen atoms in total. The molecule has 0 heterocycles. The van der Waals surface area contributed by atoms with Gasteiger partial charge in [-0.05, 0) is 33.4 Å². The van der Waals surface area contributed by atoms with E-state index < -0.39 is 5.97 Å². The summed E-state index contributed by atoms with van der Waals surface area (Å²) >= 11 is 0. The van der Waals surface area contributed by atoms with Crippen molar-refractivity contribution in [2.45, 2.75) is 53.5 Å². The molecular weight excluding hydrogens is 202 g/mol. The summed E-state index contributed by atoms with van der Waals surface area (Å²) in [6.07, 6.45) is 2.64. The molecule has 0 aromatic carbocycles. The molecule has 0 rings (SSSR count). The smallest absolute Gasteiger partial charge is 0.330 e. The van der Waals surface area contributed by atoms with Gasteiger partial charge in [-0.15, -0.1) is 0 Å². The zero-order valence-corrected chi connectivity index (χ0v) is 11.4. The molecule has 0 saturated carbocycles. The predicted molar refractivity (Wildman–Crippen MR) is 69.7 cm³/mol. The molecule has 0 aromatic rings. The average molecular weight is 229 g/mol. The van der Waals surface area contributed by atoms with E-state index in [4.69, 9.17) is 5.11 Å². The molecule has 96 valence electrons.